The molecule has 186 valence electrons. The molecule has 1 fully saturated rings. The molecule has 7 heteroatoms. The molecular weight excluding hydrogens is 444 g/mol. The largest absolute Gasteiger partial charge is 0.481 e. The number of nitrogens with one attached hydrogen (secondary N) is 1. The van der Waals surface area contributed by atoms with Crippen LogP contribution in [-0.2, 0) is 14.3 Å². The summed E-state index contributed by atoms with van der Waals surface area (Å²) in [6, 6.07) is 16.4. The molecule has 3 unspecified atom stereocenters. The first kappa shape index (κ1) is 24.8. The Morgan fingerprint density at radius 3 is 2.26 bits per heavy atom. The third-order valence-electron chi connectivity index (χ3n) is 7.25. The molecule has 2 N–H and O–H groups in total. The van der Waals surface area contributed by atoms with Crippen LogP contribution in [-0.4, -0.2) is 53.7 Å². The summed E-state index contributed by atoms with van der Waals surface area (Å²) in [6.07, 6.45) is 2.31. The summed E-state index contributed by atoms with van der Waals surface area (Å²) < 4.78 is 5.61. The minimum Gasteiger partial charge on any atom is -0.481 e. The first-order valence-corrected chi connectivity index (χ1v) is 12.5. The summed E-state index contributed by atoms with van der Waals surface area (Å²) in [6.45, 7) is 4.93. The molecule has 1 heterocycles. The Morgan fingerprint density at radius 1 is 1.03 bits per heavy atom. The van der Waals surface area contributed by atoms with E-state index in [1.165, 1.54) is 22.3 Å². The SMILES string of the molecule is CC(CCCC(C)C(=O)N1CCC(C(=O)O)C1)NC(=O)OCC1c2ccccc2-c2ccccc21. The molecule has 1 aliphatic carbocycles. The number of amides is 2. The second-order valence-electron chi connectivity index (χ2n) is 9.81. The summed E-state index contributed by atoms with van der Waals surface area (Å²) >= 11 is 0. The summed E-state index contributed by atoms with van der Waals surface area (Å²) in [7, 11) is 0. The Balaban J connectivity index is 1.19. The van der Waals surface area contributed by atoms with Crippen molar-refractivity contribution in [3.8, 4) is 11.1 Å². The number of alkyl carbamates (subject to hydrolysis) is 1. The fourth-order valence-electron chi connectivity index (χ4n) is 5.24. The molecule has 2 aromatic carbocycles. The zero-order valence-corrected chi connectivity index (χ0v) is 20.4. The lowest BCUT2D eigenvalue weighted by Gasteiger charge is -2.21. The molecule has 4 rings (SSSR count). The molecule has 0 aromatic heterocycles. The molecule has 1 aliphatic heterocycles. The van der Waals surface area contributed by atoms with Crippen molar-refractivity contribution < 1.29 is 24.2 Å². The number of carbonyl (C=O) groups excluding carboxylic acids is 2. The van der Waals surface area contributed by atoms with Crippen LogP contribution in [0.3, 0.4) is 0 Å². The lowest BCUT2D eigenvalue weighted by atomic mass is 9.98. The van der Waals surface area contributed by atoms with Crippen LogP contribution >= 0.6 is 0 Å². The average Bonchev–Trinajstić information content (AvgIpc) is 3.46. The summed E-state index contributed by atoms with van der Waals surface area (Å²) in [5.41, 5.74) is 4.75. The van der Waals surface area contributed by atoms with E-state index in [1.54, 1.807) is 4.90 Å². The number of ether oxygens (including phenoxy) is 1. The topological polar surface area (TPSA) is 95.9 Å². The number of carboxylic acid groups (broad SMARTS) is 1. The second kappa shape index (κ2) is 10.9. The molecule has 1 saturated heterocycles. The van der Waals surface area contributed by atoms with E-state index in [0.717, 1.165) is 12.8 Å². The highest BCUT2D eigenvalue weighted by Gasteiger charge is 2.32. The van der Waals surface area contributed by atoms with Gasteiger partial charge in [-0.15, -0.1) is 0 Å². The van der Waals surface area contributed by atoms with Crippen LogP contribution in [0.15, 0.2) is 48.5 Å². The van der Waals surface area contributed by atoms with Crippen molar-refractivity contribution >= 4 is 18.0 Å². The minimum absolute atomic E-state index is 0.0194. The van der Waals surface area contributed by atoms with Gasteiger partial charge in [0.15, 0.2) is 0 Å². The Morgan fingerprint density at radius 2 is 1.66 bits per heavy atom. The Hall–Kier alpha value is -3.35. The highest BCUT2D eigenvalue weighted by atomic mass is 16.5. The van der Waals surface area contributed by atoms with Gasteiger partial charge in [0.05, 0.1) is 5.92 Å². The maximum absolute atomic E-state index is 12.6. The number of carboxylic acids is 1. The molecule has 2 amide bonds. The summed E-state index contributed by atoms with van der Waals surface area (Å²) in [5, 5.41) is 12.0. The van der Waals surface area contributed by atoms with Crippen LogP contribution in [0.4, 0.5) is 4.79 Å². The number of likely N-dealkylation sites (tertiary alicyclic amines) is 1. The van der Waals surface area contributed by atoms with Gasteiger partial charge in [0.2, 0.25) is 5.91 Å². The van der Waals surface area contributed by atoms with E-state index in [0.29, 0.717) is 25.9 Å². The molecule has 2 aromatic rings. The van der Waals surface area contributed by atoms with Crippen LogP contribution < -0.4 is 5.32 Å². The number of nitrogens with zero attached hydrogens (tertiary/aromatic N) is 1. The van der Waals surface area contributed by atoms with E-state index in [2.05, 4.69) is 29.6 Å². The van der Waals surface area contributed by atoms with E-state index in [4.69, 9.17) is 9.84 Å². The fourth-order valence-corrected chi connectivity index (χ4v) is 5.24. The van der Waals surface area contributed by atoms with Gasteiger partial charge >= 0.3 is 12.1 Å². The van der Waals surface area contributed by atoms with Crippen molar-refractivity contribution in [2.75, 3.05) is 19.7 Å². The molecule has 7 nitrogen and oxygen atoms in total. The maximum atomic E-state index is 12.6. The van der Waals surface area contributed by atoms with Gasteiger partial charge in [0, 0.05) is 31.0 Å². The van der Waals surface area contributed by atoms with Crippen molar-refractivity contribution in [3.63, 3.8) is 0 Å². The molecular formula is C28H34N2O5. The molecule has 3 atom stereocenters. The van der Waals surface area contributed by atoms with Crippen molar-refractivity contribution in [3.05, 3.63) is 59.7 Å². The van der Waals surface area contributed by atoms with Crippen LogP contribution in [0, 0.1) is 11.8 Å². The fraction of sp³-hybridized carbons (Fsp3) is 0.464. The quantitative estimate of drug-likeness (QED) is 0.547. The zero-order chi connectivity index (χ0) is 24.9. The van der Waals surface area contributed by atoms with E-state index in [9.17, 15) is 14.4 Å². The lowest BCUT2D eigenvalue weighted by molar-refractivity contribution is -0.141. The average molecular weight is 479 g/mol. The van der Waals surface area contributed by atoms with Crippen LogP contribution in [0.1, 0.15) is 56.6 Å². The third-order valence-corrected chi connectivity index (χ3v) is 7.25. The number of rotatable bonds is 9. The van der Waals surface area contributed by atoms with E-state index < -0.39 is 18.0 Å². The van der Waals surface area contributed by atoms with Crippen LogP contribution in [0.2, 0.25) is 0 Å². The molecule has 0 spiro atoms. The predicted molar refractivity (Wildman–Crippen MR) is 133 cm³/mol. The van der Waals surface area contributed by atoms with Gasteiger partial charge < -0.3 is 20.1 Å². The smallest absolute Gasteiger partial charge is 0.407 e. The lowest BCUT2D eigenvalue weighted by Crippen LogP contribution is -2.35. The van der Waals surface area contributed by atoms with Gasteiger partial charge in [-0.25, -0.2) is 4.79 Å². The summed E-state index contributed by atoms with van der Waals surface area (Å²) in [4.78, 5) is 37.8. The Bertz CT molecular complexity index is 1040. The Kier molecular flexibility index (Phi) is 7.73. The van der Waals surface area contributed by atoms with Crippen molar-refractivity contribution in [2.24, 2.45) is 11.8 Å². The number of fused-ring (bicyclic) bond motifs is 3. The number of hydrogen-bond donors (Lipinski definition) is 2. The van der Waals surface area contributed by atoms with Crippen LogP contribution in [0.25, 0.3) is 11.1 Å². The number of aliphatic carboxylic acids is 1. The second-order valence-corrected chi connectivity index (χ2v) is 9.81. The monoisotopic (exact) mass is 478 g/mol. The van der Waals surface area contributed by atoms with E-state index in [1.807, 2.05) is 38.1 Å². The van der Waals surface area contributed by atoms with Crippen molar-refractivity contribution in [2.45, 2.75) is 51.5 Å². The van der Waals surface area contributed by atoms with Crippen molar-refractivity contribution in [1.29, 1.82) is 0 Å². The summed E-state index contributed by atoms with van der Waals surface area (Å²) in [5.74, 6) is -1.40. The molecule has 0 radical (unpaired) electrons. The van der Waals surface area contributed by atoms with E-state index in [-0.39, 0.29) is 30.4 Å². The van der Waals surface area contributed by atoms with Gasteiger partial charge in [0.1, 0.15) is 6.61 Å². The highest BCUT2D eigenvalue weighted by Crippen LogP contribution is 2.44. The first-order valence-electron chi connectivity index (χ1n) is 12.5. The van der Waals surface area contributed by atoms with Gasteiger partial charge in [-0.3, -0.25) is 9.59 Å². The van der Waals surface area contributed by atoms with Crippen LogP contribution in [0.5, 0.6) is 0 Å². The van der Waals surface area contributed by atoms with Gasteiger partial charge in [-0.1, -0.05) is 61.9 Å². The number of benzene rings is 2. The normalized spacial score (nSPS) is 18.5. The van der Waals surface area contributed by atoms with Gasteiger partial charge in [-0.05, 0) is 48.4 Å². The van der Waals surface area contributed by atoms with E-state index >= 15 is 0 Å². The molecule has 2 aliphatic rings. The maximum Gasteiger partial charge on any atom is 0.407 e. The number of carbonyl (C=O) groups is 3. The third kappa shape index (κ3) is 5.66. The molecule has 35 heavy (non-hydrogen) atoms. The highest BCUT2D eigenvalue weighted by molar-refractivity contribution is 5.80. The number of hydrogen-bond acceptors (Lipinski definition) is 4. The van der Waals surface area contributed by atoms with Gasteiger partial charge in [0.25, 0.3) is 0 Å². The zero-order valence-electron chi connectivity index (χ0n) is 20.4. The Labute approximate surface area is 206 Å². The first-order chi connectivity index (χ1) is 16.8. The molecule has 0 saturated carbocycles. The van der Waals surface area contributed by atoms with Crippen molar-refractivity contribution in [1.82, 2.24) is 10.2 Å². The molecule has 0 bridgehead atoms. The minimum atomic E-state index is -0.832. The standard InChI is InChI=1S/C28H34N2O5/c1-18(26(31)30-15-14-20(16-30)27(32)33)8-7-9-19(2)29-28(34)35-17-25-23-12-5-3-10-21(23)22-11-4-6-13-24(22)25/h3-6,10-13,18-20,25H,7-9,14-17H2,1-2H3,(H,29,34)(H,32,33). The van der Waals surface area contributed by atoms with Gasteiger partial charge in [-0.2, -0.15) is 0 Å². The predicted octanol–water partition coefficient (Wildman–Crippen LogP) is 4.65.